The lowest BCUT2D eigenvalue weighted by molar-refractivity contribution is 0.273. The van der Waals surface area contributed by atoms with Gasteiger partial charge < -0.3 is 16.8 Å². The standard InChI is InChI=1S/C8H15N5/c9-6-11-7(10)13-8(12-6)4-2-1-3-5-8/h1-5H2,(H5,9,10,11,12,13). The second-order valence-electron chi connectivity index (χ2n) is 3.68. The molecule has 0 amide bonds. The first kappa shape index (κ1) is 8.34. The number of hydrogen-bond acceptors (Lipinski definition) is 5. The van der Waals surface area contributed by atoms with Gasteiger partial charge in [0.05, 0.1) is 0 Å². The van der Waals surface area contributed by atoms with Gasteiger partial charge in [0.1, 0.15) is 5.66 Å². The maximum Gasteiger partial charge on any atom is 0.220 e. The third kappa shape index (κ3) is 1.59. The molecule has 1 heterocycles. The van der Waals surface area contributed by atoms with Crippen molar-refractivity contribution < 1.29 is 0 Å². The van der Waals surface area contributed by atoms with Crippen molar-refractivity contribution in [1.82, 2.24) is 5.32 Å². The summed E-state index contributed by atoms with van der Waals surface area (Å²) in [6.07, 6.45) is 5.64. The van der Waals surface area contributed by atoms with E-state index in [1.807, 2.05) is 0 Å². The summed E-state index contributed by atoms with van der Waals surface area (Å²) in [5.41, 5.74) is 10.9. The SMILES string of the molecule is NC1=NC2(CCCCC2)NC(N)=N1. The van der Waals surface area contributed by atoms with Gasteiger partial charge in [0.2, 0.25) is 5.96 Å². The van der Waals surface area contributed by atoms with Gasteiger partial charge in [-0.25, -0.2) is 4.99 Å². The van der Waals surface area contributed by atoms with E-state index in [2.05, 4.69) is 15.3 Å². The average Bonchev–Trinajstić information content (AvgIpc) is 2.02. The van der Waals surface area contributed by atoms with Crippen LogP contribution in [0.2, 0.25) is 0 Å². The fraction of sp³-hybridized carbons (Fsp3) is 0.750. The van der Waals surface area contributed by atoms with Crippen molar-refractivity contribution in [2.45, 2.75) is 37.8 Å². The molecule has 0 radical (unpaired) electrons. The van der Waals surface area contributed by atoms with Gasteiger partial charge in [-0.3, -0.25) is 0 Å². The number of hydrogen-bond donors (Lipinski definition) is 3. The van der Waals surface area contributed by atoms with Crippen LogP contribution >= 0.6 is 0 Å². The van der Waals surface area contributed by atoms with Crippen molar-refractivity contribution in [2.75, 3.05) is 0 Å². The first-order chi connectivity index (χ1) is 6.20. The van der Waals surface area contributed by atoms with E-state index in [1.54, 1.807) is 0 Å². The van der Waals surface area contributed by atoms with E-state index in [-0.39, 0.29) is 5.66 Å². The second-order valence-corrected chi connectivity index (χ2v) is 3.68. The molecule has 2 rings (SSSR count). The lowest BCUT2D eigenvalue weighted by Crippen LogP contribution is -2.54. The largest absolute Gasteiger partial charge is 0.370 e. The Balaban J connectivity index is 2.20. The molecule has 0 aromatic rings. The summed E-state index contributed by atoms with van der Waals surface area (Å²) in [7, 11) is 0. The van der Waals surface area contributed by atoms with E-state index in [9.17, 15) is 0 Å². The highest BCUT2D eigenvalue weighted by molar-refractivity contribution is 5.95. The lowest BCUT2D eigenvalue weighted by atomic mass is 9.89. The molecular weight excluding hydrogens is 166 g/mol. The summed E-state index contributed by atoms with van der Waals surface area (Å²) < 4.78 is 0. The molecule has 1 aliphatic carbocycles. The number of nitrogens with one attached hydrogen (secondary N) is 1. The smallest absolute Gasteiger partial charge is 0.220 e. The Hall–Kier alpha value is -1.26. The molecule has 1 spiro atoms. The molecule has 0 saturated heterocycles. The summed E-state index contributed by atoms with van der Waals surface area (Å²) in [6, 6.07) is 0. The van der Waals surface area contributed by atoms with Crippen molar-refractivity contribution >= 4 is 11.9 Å². The molecule has 0 atom stereocenters. The topological polar surface area (TPSA) is 88.8 Å². The zero-order valence-corrected chi connectivity index (χ0v) is 7.58. The van der Waals surface area contributed by atoms with E-state index in [4.69, 9.17) is 11.5 Å². The molecule has 0 aromatic heterocycles. The predicted octanol–water partition coefficient (Wildman–Crippen LogP) is -0.121. The summed E-state index contributed by atoms with van der Waals surface area (Å²) in [4.78, 5) is 8.18. The molecule has 5 heteroatoms. The molecule has 0 unspecified atom stereocenters. The van der Waals surface area contributed by atoms with Crippen LogP contribution in [0, 0.1) is 0 Å². The summed E-state index contributed by atoms with van der Waals surface area (Å²) in [5, 5.41) is 3.12. The monoisotopic (exact) mass is 181 g/mol. The van der Waals surface area contributed by atoms with Gasteiger partial charge in [-0.15, -0.1) is 0 Å². The first-order valence-corrected chi connectivity index (χ1v) is 4.68. The van der Waals surface area contributed by atoms with Crippen LogP contribution in [0.15, 0.2) is 9.98 Å². The Bertz CT molecular complexity index is 262. The minimum atomic E-state index is -0.242. The van der Waals surface area contributed by atoms with Crippen LogP contribution in [0.3, 0.4) is 0 Å². The molecule has 1 saturated carbocycles. The van der Waals surface area contributed by atoms with E-state index in [0.717, 1.165) is 12.8 Å². The van der Waals surface area contributed by atoms with Crippen molar-refractivity contribution in [1.29, 1.82) is 0 Å². The Morgan fingerprint density at radius 1 is 1.15 bits per heavy atom. The number of aliphatic imine (C=N–C) groups is 2. The first-order valence-electron chi connectivity index (χ1n) is 4.68. The molecule has 2 aliphatic rings. The van der Waals surface area contributed by atoms with E-state index >= 15 is 0 Å². The molecule has 0 aromatic carbocycles. The van der Waals surface area contributed by atoms with Crippen LogP contribution in [-0.2, 0) is 0 Å². The number of nitrogens with two attached hydrogens (primary N) is 2. The van der Waals surface area contributed by atoms with Crippen molar-refractivity contribution in [2.24, 2.45) is 21.5 Å². The molecule has 1 aliphatic heterocycles. The van der Waals surface area contributed by atoms with E-state index < -0.39 is 0 Å². The highest BCUT2D eigenvalue weighted by Crippen LogP contribution is 2.30. The molecule has 72 valence electrons. The molecule has 5 N–H and O–H groups in total. The van der Waals surface area contributed by atoms with Crippen LogP contribution in [0.25, 0.3) is 0 Å². The van der Waals surface area contributed by atoms with Crippen molar-refractivity contribution in [3.05, 3.63) is 0 Å². The molecule has 13 heavy (non-hydrogen) atoms. The number of guanidine groups is 2. The highest BCUT2D eigenvalue weighted by Gasteiger charge is 2.34. The fourth-order valence-electron chi connectivity index (χ4n) is 2.04. The van der Waals surface area contributed by atoms with Gasteiger partial charge in [0.25, 0.3) is 0 Å². The Morgan fingerprint density at radius 2 is 1.85 bits per heavy atom. The maximum absolute atomic E-state index is 5.61. The van der Waals surface area contributed by atoms with Crippen molar-refractivity contribution in [3.63, 3.8) is 0 Å². The molecule has 0 bridgehead atoms. The maximum atomic E-state index is 5.61. The van der Waals surface area contributed by atoms with Crippen LogP contribution < -0.4 is 16.8 Å². The second kappa shape index (κ2) is 2.90. The Morgan fingerprint density at radius 3 is 2.46 bits per heavy atom. The summed E-state index contributed by atoms with van der Waals surface area (Å²) >= 11 is 0. The summed E-state index contributed by atoms with van der Waals surface area (Å²) in [6.45, 7) is 0. The van der Waals surface area contributed by atoms with Gasteiger partial charge in [0, 0.05) is 0 Å². The third-order valence-electron chi connectivity index (χ3n) is 2.61. The number of nitrogens with zero attached hydrogens (tertiary/aromatic N) is 2. The molecule has 1 fully saturated rings. The van der Waals surface area contributed by atoms with Crippen LogP contribution in [0.4, 0.5) is 0 Å². The van der Waals surface area contributed by atoms with Crippen LogP contribution in [-0.4, -0.2) is 17.6 Å². The van der Waals surface area contributed by atoms with Gasteiger partial charge in [0.15, 0.2) is 5.96 Å². The van der Waals surface area contributed by atoms with E-state index in [1.165, 1.54) is 19.3 Å². The van der Waals surface area contributed by atoms with E-state index in [0.29, 0.717) is 11.9 Å². The normalized spacial score (nSPS) is 26.2. The third-order valence-corrected chi connectivity index (χ3v) is 2.61. The van der Waals surface area contributed by atoms with Crippen molar-refractivity contribution in [3.8, 4) is 0 Å². The summed E-state index contributed by atoms with van der Waals surface area (Å²) in [5.74, 6) is 0.701. The Kier molecular flexibility index (Phi) is 1.86. The number of rotatable bonds is 0. The molecule has 5 nitrogen and oxygen atoms in total. The van der Waals surface area contributed by atoms with Gasteiger partial charge >= 0.3 is 0 Å². The zero-order valence-electron chi connectivity index (χ0n) is 7.58. The van der Waals surface area contributed by atoms with Gasteiger partial charge in [-0.2, -0.15) is 4.99 Å². The zero-order chi connectivity index (χ0) is 9.31. The van der Waals surface area contributed by atoms with Crippen LogP contribution in [0.1, 0.15) is 32.1 Å². The predicted molar refractivity (Wildman–Crippen MR) is 52.2 cm³/mol. The highest BCUT2D eigenvalue weighted by atomic mass is 15.3. The molecular formula is C8H15N5. The fourth-order valence-corrected chi connectivity index (χ4v) is 2.04. The van der Waals surface area contributed by atoms with Crippen LogP contribution in [0.5, 0.6) is 0 Å². The lowest BCUT2D eigenvalue weighted by Gasteiger charge is -2.36. The average molecular weight is 181 g/mol. The minimum Gasteiger partial charge on any atom is -0.370 e. The van der Waals surface area contributed by atoms with Gasteiger partial charge in [-0.05, 0) is 25.7 Å². The minimum absolute atomic E-state index is 0.242. The van der Waals surface area contributed by atoms with Gasteiger partial charge in [-0.1, -0.05) is 6.42 Å². The quantitative estimate of drug-likeness (QED) is 0.486. The Labute approximate surface area is 77.3 Å².